The summed E-state index contributed by atoms with van der Waals surface area (Å²) in [5.41, 5.74) is 2.72. The van der Waals surface area contributed by atoms with Crippen molar-refractivity contribution in [1.29, 1.82) is 0 Å². The van der Waals surface area contributed by atoms with E-state index in [1.807, 2.05) is 0 Å². The summed E-state index contributed by atoms with van der Waals surface area (Å²) < 4.78 is 0. The average Bonchev–Trinajstić information content (AvgIpc) is 2.40. The van der Waals surface area contributed by atoms with Crippen molar-refractivity contribution in [3.63, 3.8) is 0 Å². The van der Waals surface area contributed by atoms with Crippen molar-refractivity contribution >= 4 is 5.69 Å². The first-order valence-electron chi connectivity index (χ1n) is 6.89. The number of aliphatic hydroxyl groups excluding tert-OH is 1. The highest BCUT2D eigenvalue weighted by Gasteiger charge is 2.16. The first kappa shape index (κ1) is 13.4. The molecule has 0 amide bonds. The summed E-state index contributed by atoms with van der Waals surface area (Å²) in [6.45, 7) is 9.73. The summed E-state index contributed by atoms with van der Waals surface area (Å²) in [6, 6.07) is 8.94. The molecular formula is C15H24N2O. The van der Waals surface area contributed by atoms with Crippen LogP contribution < -0.4 is 4.90 Å². The fourth-order valence-electron chi connectivity index (χ4n) is 2.44. The molecule has 1 aliphatic rings. The van der Waals surface area contributed by atoms with Crippen molar-refractivity contribution < 1.29 is 5.11 Å². The molecule has 18 heavy (non-hydrogen) atoms. The maximum atomic E-state index is 8.93. The predicted octanol–water partition coefficient (Wildman–Crippen LogP) is 1.92. The maximum absolute atomic E-state index is 8.93. The van der Waals surface area contributed by atoms with E-state index in [0.29, 0.717) is 5.92 Å². The van der Waals surface area contributed by atoms with E-state index < -0.39 is 0 Å². The van der Waals surface area contributed by atoms with Gasteiger partial charge in [-0.2, -0.15) is 0 Å². The number of anilines is 1. The Balaban J connectivity index is 1.93. The molecule has 0 aliphatic carbocycles. The van der Waals surface area contributed by atoms with Crippen molar-refractivity contribution in [3.05, 3.63) is 29.8 Å². The van der Waals surface area contributed by atoms with E-state index in [1.165, 1.54) is 11.3 Å². The minimum atomic E-state index is 0.267. The Morgan fingerprint density at radius 1 is 1.06 bits per heavy atom. The van der Waals surface area contributed by atoms with Crippen LogP contribution in [0.1, 0.15) is 25.3 Å². The zero-order chi connectivity index (χ0) is 13.0. The van der Waals surface area contributed by atoms with Crippen LogP contribution in [0.3, 0.4) is 0 Å². The molecule has 1 heterocycles. The molecule has 0 bridgehead atoms. The number of piperazine rings is 1. The highest BCUT2D eigenvalue weighted by atomic mass is 16.3. The Hall–Kier alpha value is -1.06. The molecule has 0 aromatic heterocycles. The molecule has 100 valence electrons. The molecule has 0 unspecified atom stereocenters. The van der Waals surface area contributed by atoms with Gasteiger partial charge in [0.25, 0.3) is 0 Å². The number of hydrogen-bond acceptors (Lipinski definition) is 3. The standard InChI is InChI=1S/C15H24N2O/c1-13(2)14-3-5-15(6-4-14)17-9-7-16(8-10-17)11-12-18/h3-6,13,18H,7-12H2,1-2H3. The van der Waals surface area contributed by atoms with Crippen LogP contribution in [0.15, 0.2) is 24.3 Å². The number of rotatable bonds is 4. The molecule has 0 saturated carbocycles. The number of benzene rings is 1. The van der Waals surface area contributed by atoms with Gasteiger partial charge in [0.05, 0.1) is 6.61 Å². The molecule has 1 aromatic carbocycles. The van der Waals surface area contributed by atoms with Gasteiger partial charge in [0.2, 0.25) is 0 Å². The van der Waals surface area contributed by atoms with E-state index in [9.17, 15) is 0 Å². The summed E-state index contributed by atoms with van der Waals surface area (Å²) in [7, 11) is 0. The van der Waals surface area contributed by atoms with Gasteiger partial charge < -0.3 is 10.0 Å². The van der Waals surface area contributed by atoms with Crippen molar-refractivity contribution in [2.24, 2.45) is 0 Å². The highest BCUT2D eigenvalue weighted by Crippen LogP contribution is 2.21. The lowest BCUT2D eigenvalue weighted by molar-refractivity contribution is 0.189. The topological polar surface area (TPSA) is 26.7 Å². The van der Waals surface area contributed by atoms with Crippen LogP contribution in [-0.2, 0) is 0 Å². The molecule has 0 spiro atoms. The van der Waals surface area contributed by atoms with Gasteiger partial charge in [-0.25, -0.2) is 0 Å². The molecule has 1 saturated heterocycles. The van der Waals surface area contributed by atoms with Crippen LogP contribution >= 0.6 is 0 Å². The Morgan fingerprint density at radius 2 is 1.67 bits per heavy atom. The second-order valence-electron chi connectivity index (χ2n) is 5.30. The van der Waals surface area contributed by atoms with E-state index in [4.69, 9.17) is 5.11 Å². The number of nitrogens with zero attached hydrogens (tertiary/aromatic N) is 2. The third kappa shape index (κ3) is 3.24. The lowest BCUT2D eigenvalue weighted by Gasteiger charge is -2.35. The van der Waals surface area contributed by atoms with Gasteiger partial charge in [-0.15, -0.1) is 0 Å². The molecule has 0 radical (unpaired) electrons. The zero-order valence-electron chi connectivity index (χ0n) is 11.5. The van der Waals surface area contributed by atoms with Gasteiger partial charge in [0, 0.05) is 38.4 Å². The monoisotopic (exact) mass is 248 g/mol. The van der Waals surface area contributed by atoms with Crippen LogP contribution in [0.5, 0.6) is 0 Å². The molecular weight excluding hydrogens is 224 g/mol. The molecule has 1 aliphatic heterocycles. The summed E-state index contributed by atoms with van der Waals surface area (Å²) in [4.78, 5) is 4.75. The number of hydrogen-bond donors (Lipinski definition) is 1. The van der Waals surface area contributed by atoms with E-state index in [1.54, 1.807) is 0 Å². The Labute approximate surface area is 110 Å². The van der Waals surface area contributed by atoms with Gasteiger partial charge in [0.1, 0.15) is 0 Å². The molecule has 0 atom stereocenters. The fourth-order valence-corrected chi connectivity index (χ4v) is 2.44. The largest absolute Gasteiger partial charge is 0.395 e. The number of β-amino-alcohol motifs (C(OH)–C–C–N with tert-alkyl or cyclic N) is 1. The minimum absolute atomic E-state index is 0.267. The van der Waals surface area contributed by atoms with Crippen molar-refractivity contribution in [2.45, 2.75) is 19.8 Å². The molecule has 1 fully saturated rings. The molecule has 3 heteroatoms. The second-order valence-corrected chi connectivity index (χ2v) is 5.30. The van der Waals surface area contributed by atoms with Gasteiger partial charge in [-0.05, 0) is 23.6 Å². The third-order valence-corrected chi connectivity index (χ3v) is 3.71. The summed E-state index contributed by atoms with van der Waals surface area (Å²) in [5.74, 6) is 0.598. The normalized spacial score (nSPS) is 17.4. The third-order valence-electron chi connectivity index (χ3n) is 3.71. The van der Waals surface area contributed by atoms with E-state index in [-0.39, 0.29) is 6.61 Å². The van der Waals surface area contributed by atoms with Crippen molar-refractivity contribution in [2.75, 3.05) is 44.2 Å². The lowest BCUT2D eigenvalue weighted by Crippen LogP contribution is -2.47. The zero-order valence-corrected chi connectivity index (χ0v) is 11.5. The van der Waals surface area contributed by atoms with Crippen LogP contribution in [0.2, 0.25) is 0 Å². The van der Waals surface area contributed by atoms with Gasteiger partial charge in [-0.3, -0.25) is 4.90 Å². The lowest BCUT2D eigenvalue weighted by atomic mass is 10.0. The minimum Gasteiger partial charge on any atom is -0.395 e. The Morgan fingerprint density at radius 3 is 2.17 bits per heavy atom. The van der Waals surface area contributed by atoms with Gasteiger partial charge >= 0.3 is 0 Å². The Kier molecular flexibility index (Phi) is 4.61. The smallest absolute Gasteiger partial charge is 0.0558 e. The summed E-state index contributed by atoms with van der Waals surface area (Å²) in [6.07, 6.45) is 0. The first-order chi connectivity index (χ1) is 8.70. The quantitative estimate of drug-likeness (QED) is 0.882. The van der Waals surface area contributed by atoms with Gasteiger partial charge in [-0.1, -0.05) is 26.0 Å². The summed E-state index contributed by atoms with van der Waals surface area (Å²) in [5, 5.41) is 8.93. The van der Waals surface area contributed by atoms with Crippen LogP contribution in [0, 0.1) is 0 Å². The predicted molar refractivity (Wildman–Crippen MR) is 76.3 cm³/mol. The SMILES string of the molecule is CC(C)c1ccc(N2CCN(CCO)CC2)cc1. The number of aliphatic hydroxyl groups is 1. The van der Waals surface area contributed by atoms with Crippen LogP contribution in [0.4, 0.5) is 5.69 Å². The fraction of sp³-hybridized carbons (Fsp3) is 0.600. The highest BCUT2D eigenvalue weighted by molar-refractivity contribution is 5.48. The first-order valence-corrected chi connectivity index (χ1v) is 6.89. The molecule has 2 rings (SSSR count). The van der Waals surface area contributed by atoms with Crippen LogP contribution in [-0.4, -0.2) is 49.3 Å². The van der Waals surface area contributed by atoms with E-state index in [0.717, 1.165) is 32.7 Å². The van der Waals surface area contributed by atoms with E-state index >= 15 is 0 Å². The molecule has 3 nitrogen and oxygen atoms in total. The van der Waals surface area contributed by atoms with E-state index in [2.05, 4.69) is 47.9 Å². The Bertz CT molecular complexity index is 353. The second kappa shape index (κ2) is 6.21. The molecule has 1 aromatic rings. The maximum Gasteiger partial charge on any atom is 0.0558 e. The van der Waals surface area contributed by atoms with Crippen LogP contribution in [0.25, 0.3) is 0 Å². The van der Waals surface area contributed by atoms with Gasteiger partial charge in [0.15, 0.2) is 0 Å². The summed E-state index contributed by atoms with van der Waals surface area (Å²) >= 11 is 0. The van der Waals surface area contributed by atoms with Crippen molar-refractivity contribution in [1.82, 2.24) is 4.90 Å². The molecule has 1 N–H and O–H groups in total. The average molecular weight is 248 g/mol. The van der Waals surface area contributed by atoms with Crippen molar-refractivity contribution in [3.8, 4) is 0 Å².